The summed E-state index contributed by atoms with van der Waals surface area (Å²) in [6, 6.07) is 0. The largest absolute Gasteiger partial charge is 0.465 e. The highest BCUT2D eigenvalue weighted by Crippen LogP contribution is 2.44. The third-order valence-electron chi connectivity index (χ3n) is 5.62. The zero-order valence-corrected chi connectivity index (χ0v) is 21.9. The van der Waals surface area contributed by atoms with Crippen LogP contribution in [-0.2, 0) is 23.4 Å². The fraction of sp³-hybridized carbons (Fsp3) is 0.619. The minimum Gasteiger partial charge on any atom is -0.465 e. The van der Waals surface area contributed by atoms with E-state index in [1.807, 2.05) is 0 Å². The van der Waals surface area contributed by atoms with Crippen LogP contribution in [-0.4, -0.2) is 66.3 Å². The highest BCUT2D eigenvalue weighted by atomic mass is 35.5. The zero-order valence-electron chi connectivity index (χ0n) is 20.2. The summed E-state index contributed by atoms with van der Waals surface area (Å²) in [7, 11) is -2.85. The van der Waals surface area contributed by atoms with Crippen molar-refractivity contribution in [2.75, 3.05) is 18.9 Å². The molecule has 0 bridgehead atoms. The molecular formula is C21H30ClN6O6P. The van der Waals surface area contributed by atoms with Crippen molar-refractivity contribution in [3.63, 3.8) is 0 Å². The van der Waals surface area contributed by atoms with Crippen molar-refractivity contribution in [1.82, 2.24) is 24.8 Å². The van der Waals surface area contributed by atoms with Gasteiger partial charge in [-0.25, -0.2) is 4.98 Å². The van der Waals surface area contributed by atoms with Crippen LogP contribution in [0.5, 0.6) is 0 Å². The van der Waals surface area contributed by atoms with Crippen molar-refractivity contribution in [3.05, 3.63) is 11.6 Å². The fourth-order valence-electron chi connectivity index (χ4n) is 3.89. The smallest absolute Gasteiger partial charge is 0.325 e. The van der Waals surface area contributed by atoms with E-state index in [1.165, 1.54) is 10.9 Å². The van der Waals surface area contributed by atoms with Crippen molar-refractivity contribution in [2.24, 2.45) is 0 Å². The number of anilines is 1. The summed E-state index contributed by atoms with van der Waals surface area (Å²) >= 11 is 5.93. The van der Waals surface area contributed by atoms with Crippen LogP contribution in [0.25, 0.3) is 11.2 Å². The van der Waals surface area contributed by atoms with Crippen LogP contribution in [0.2, 0.25) is 5.28 Å². The molecule has 4 atom stereocenters. The molecule has 14 heteroatoms. The fourth-order valence-corrected chi connectivity index (χ4v) is 5.18. The minimum atomic E-state index is -2.85. The molecule has 0 aromatic carbocycles. The molecule has 12 nitrogen and oxygen atoms in total. The molecule has 0 amide bonds. The van der Waals surface area contributed by atoms with Gasteiger partial charge in [-0.2, -0.15) is 9.97 Å². The molecule has 3 rings (SSSR count). The van der Waals surface area contributed by atoms with Crippen LogP contribution in [0.15, 0.2) is 6.33 Å². The Morgan fingerprint density at radius 2 is 2.17 bits per heavy atom. The maximum absolute atomic E-state index is 13.1. The number of carbonyl (C=O) groups excluding carboxylic acids is 1. The molecule has 0 spiro atoms. The predicted molar refractivity (Wildman–Crippen MR) is 130 cm³/mol. The quantitative estimate of drug-likeness (QED) is 0.188. The number of halogens is 1. The lowest BCUT2D eigenvalue weighted by atomic mass is 9.99. The molecule has 0 saturated carbocycles. The molecular weight excluding hydrogens is 499 g/mol. The molecule has 1 unspecified atom stereocenters. The number of aromatic nitrogens is 4. The van der Waals surface area contributed by atoms with Crippen molar-refractivity contribution >= 4 is 42.6 Å². The van der Waals surface area contributed by atoms with Gasteiger partial charge in [0.2, 0.25) is 13.3 Å². The highest BCUT2D eigenvalue weighted by molar-refractivity contribution is 7.41. The molecule has 4 N–H and O–H groups in total. The lowest BCUT2D eigenvalue weighted by molar-refractivity contribution is -0.150. The normalized spacial score (nSPS) is 23.8. The maximum Gasteiger partial charge on any atom is 0.325 e. The van der Waals surface area contributed by atoms with E-state index in [9.17, 15) is 14.5 Å². The zero-order chi connectivity index (χ0) is 26.2. The Morgan fingerprint density at radius 1 is 1.49 bits per heavy atom. The predicted octanol–water partition coefficient (Wildman–Crippen LogP) is 1.87. The molecule has 2 aromatic heterocycles. The molecule has 35 heavy (non-hydrogen) atoms. The lowest BCUT2D eigenvalue weighted by Crippen LogP contribution is -2.55. The summed E-state index contributed by atoms with van der Waals surface area (Å²) in [5.41, 5.74) is 3.79. The van der Waals surface area contributed by atoms with Gasteiger partial charge >= 0.3 is 5.97 Å². The van der Waals surface area contributed by atoms with E-state index in [0.29, 0.717) is 11.2 Å². The average Bonchev–Trinajstić information content (AvgIpc) is 3.32. The Hall–Kier alpha value is -2.26. The Balaban J connectivity index is 1.75. The first-order chi connectivity index (χ1) is 16.3. The Labute approximate surface area is 208 Å². The monoisotopic (exact) mass is 528 g/mol. The number of carbonyl (C=O) groups is 1. The Kier molecular flexibility index (Phi) is 7.82. The molecule has 1 saturated heterocycles. The number of rotatable bonds is 9. The van der Waals surface area contributed by atoms with Crippen LogP contribution in [0.1, 0.15) is 47.3 Å². The van der Waals surface area contributed by atoms with Crippen LogP contribution >= 0.6 is 19.6 Å². The van der Waals surface area contributed by atoms with E-state index in [2.05, 4.69) is 26.2 Å². The number of nitrogen functional groups attached to an aromatic ring is 1. The first kappa shape index (κ1) is 27.3. The second-order valence-corrected chi connectivity index (χ2v) is 11.7. The van der Waals surface area contributed by atoms with Gasteiger partial charge in [0.1, 0.15) is 23.4 Å². The van der Waals surface area contributed by atoms with E-state index in [0.717, 1.165) is 0 Å². The number of nitrogens with zero attached hydrogens (tertiary/aromatic N) is 4. The van der Waals surface area contributed by atoms with Crippen LogP contribution in [0.3, 0.4) is 0 Å². The Bertz CT molecular complexity index is 1180. The number of hydrogen-bond acceptors (Lipinski definition) is 11. The molecule has 192 valence electrons. The van der Waals surface area contributed by atoms with Gasteiger partial charge in [0.25, 0.3) is 0 Å². The van der Waals surface area contributed by atoms with Crippen molar-refractivity contribution in [3.8, 4) is 12.3 Å². The maximum atomic E-state index is 13.1. The number of fused-ring (bicyclic) bond motifs is 1. The van der Waals surface area contributed by atoms with E-state index in [4.69, 9.17) is 37.8 Å². The van der Waals surface area contributed by atoms with E-state index >= 15 is 0 Å². The summed E-state index contributed by atoms with van der Waals surface area (Å²) in [4.78, 5) is 24.4. The summed E-state index contributed by atoms with van der Waals surface area (Å²) in [5.74, 6) is 2.06. The number of ether oxygens (including phenoxy) is 2. The number of terminal acetylenes is 1. The summed E-state index contributed by atoms with van der Waals surface area (Å²) < 4.78 is 31.4. The first-order valence-electron chi connectivity index (χ1n) is 10.9. The SMILES string of the molecule is C#C[C@]1(CO[PH](=O)C(C)(C)NC(C)(C)C(=O)OCC)O[C@@H](n2cnc3c(N)nc(Cl)nc32)C[C@@H]1O. The van der Waals surface area contributed by atoms with Gasteiger partial charge in [0.15, 0.2) is 17.1 Å². The topological polar surface area (TPSA) is 164 Å². The molecule has 3 heterocycles. The van der Waals surface area contributed by atoms with E-state index in [1.54, 1.807) is 34.6 Å². The van der Waals surface area contributed by atoms with E-state index in [-0.39, 0.29) is 30.7 Å². The molecule has 0 radical (unpaired) electrons. The minimum absolute atomic E-state index is 0.0686. The number of aliphatic hydroxyl groups is 1. The van der Waals surface area contributed by atoms with Gasteiger partial charge in [0, 0.05) is 6.42 Å². The number of nitrogens with one attached hydrogen (secondary N) is 1. The highest BCUT2D eigenvalue weighted by Gasteiger charge is 2.49. The number of imidazole rings is 1. The van der Waals surface area contributed by atoms with Gasteiger partial charge < -0.3 is 24.8 Å². The van der Waals surface area contributed by atoms with Crippen LogP contribution in [0, 0.1) is 12.3 Å². The van der Waals surface area contributed by atoms with Crippen LogP contribution in [0.4, 0.5) is 5.82 Å². The number of nitrogens with two attached hydrogens (primary N) is 1. The third kappa shape index (κ3) is 5.45. The van der Waals surface area contributed by atoms with Gasteiger partial charge in [-0.05, 0) is 46.2 Å². The van der Waals surface area contributed by atoms with Crippen molar-refractivity contribution in [2.45, 2.75) is 69.8 Å². The van der Waals surface area contributed by atoms with Gasteiger partial charge in [0.05, 0.1) is 24.8 Å². The van der Waals surface area contributed by atoms with Gasteiger partial charge in [-0.1, -0.05) is 5.92 Å². The number of aliphatic hydroxyl groups excluding tert-OH is 1. The molecule has 1 aliphatic rings. The standard InChI is InChI=1S/C21H30ClN6O6P/c1-7-21(10-33-35(31)20(5,6)27-19(3,4)17(30)32-8-2)12(29)9-13(34-21)28-11-24-14-15(23)25-18(22)26-16(14)28/h1,11-13,27,29,35H,8-10H2,2-6H3,(H2,23,25,26)/t12-,13+,21+/m0/s1. The second kappa shape index (κ2) is 10.0. The van der Waals surface area contributed by atoms with Crippen molar-refractivity contribution < 1.29 is 28.5 Å². The molecule has 2 aromatic rings. The summed E-state index contributed by atoms with van der Waals surface area (Å²) in [6.45, 7) is 8.08. The molecule has 1 aliphatic heterocycles. The Morgan fingerprint density at radius 3 is 2.80 bits per heavy atom. The molecule has 0 aliphatic carbocycles. The lowest BCUT2D eigenvalue weighted by Gasteiger charge is -2.35. The van der Waals surface area contributed by atoms with E-state index < -0.39 is 42.7 Å². The average molecular weight is 529 g/mol. The number of esters is 1. The van der Waals surface area contributed by atoms with Crippen LogP contribution < -0.4 is 11.1 Å². The van der Waals surface area contributed by atoms with Gasteiger partial charge in [-0.15, -0.1) is 6.42 Å². The summed E-state index contributed by atoms with van der Waals surface area (Å²) in [5, 5.41) is 12.6. The number of hydrogen-bond donors (Lipinski definition) is 3. The second-order valence-electron chi connectivity index (χ2n) is 9.23. The van der Waals surface area contributed by atoms with Crippen molar-refractivity contribution in [1.29, 1.82) is 0 Å². The first-order valence-corrected chi connectivity index (χ1v) is 12.6. The van der Waals surface area contributed by atoms with Gasteiger partial charge in [-0.3, -0.25) is 19.2 Å². The summed E-state index contributed by atoms with van der Waals surface area (Å²) in [6.07, 6.45) is 5.33. The third-order valence-corrected chi connectivity index (χ3v) is 7.35. The molecule has 1 fully saturated rings.